The quantitative estimate of drug-likeness (QED) is 0.480. The summed E-state index contributed by atoms with van der Waals surface area (Å²) < 4.78 is 0. The zero-order valence-electron chi connectivity index (χ0n) is 12.4. The molecule has 23 heavy (non-hydrogen) atoms. The minimum atomic E-state index is -0.835. The van der Waals surface area contributed by atoms with Crippen LogP contribution < -0.4 is 10.7 Å². The fourth-order valence-corrected chi connectivity index (χ4v) is 3.46. The lowest BCUT2D eigenvalue weighted by Crippen LogP contribution is -2.51. The van der Waals surface area contributed by atoms with E-state index in [1.54, 1.807) is 18.5 Å². The number of amides is 4. The summed E-state index contributed by atoms with van der Waals surface area (Å²) in [5.41, 5.74) is 1.54. The van der Waals surface area contributed by atoms with Gasteiger partial charge < -0.3 is 5.32 Å². The van der Waals surface area contributed by atoms with Crippen LogP contribution in [-0.2, 0) is 9.59 Å². The van der Waals surface area contributed by atoms with Gasteiger partial charge in [-0.3, -0.25) is 15.0 Å². The number of urea groups is 1. The van der Waals surface area contributed by atoms with Crippen LogP contribution in [0, 0.1) is 0 Å². The number of hydrazine groups is 1. The van der Waals surface area contributed by atoms with Gasteiger partial charge in [-0.05, 0) is 18.9 Å². The number of nitrogens with zero attached hydrogens (tertiary/aromatic N) is 3. The van der Waals surface area contributed by atoms with E-state index in [4.69, 9.17) is 0 Å². The van der Waals surface area contributed by atoms with Gasteiger partial charge in [0.15, 0.2) is 5.16 Å². The maximum Gasteiger partial charge on any atom is 0.344 e. The Balaban J connectivity index is 1.58. The van der Waals surface area contributed by atoms with Crippen molar-refractivity contribution in [1.82, 2.24) is 25.7 Å². The van der Waals surface area contributed by atoms with E-state index >= 15 is 0 Å². The van der Waals surface area contributed by atoms with Gasteiger partial charge in [-0.1, -0.05) is 31.0 Å². The molecule has 1 aromatic heterocycles. The molecular weight excluding hydrogens is 318 g/mol. The van der Waals surface area contributed by atoms with E-state index < -0.39 is 17.5 Å². The molecule has 1 saturated heterocycles. The Morgan fingerprint density at radius 3 is 2.65 bits per heavy atom. The minimum absolute atomic E-state index is 0.0219. The maximum absolute atomic E-state index is 12.5. The molecule has 0 bridgehead atoms. The lowest BCUT2D eigenvalue weighted by atomic mass is 9.82. The number of hydrogen-bond donors (Lipinski definition) is 2. The minimum Gasteiger partial charge on any atom is -0.322 e. The van der Waals surface area contributed by atoms with Crippen molar-refractivity contribution in [3.63, 3.8) is 0 Å². The van der Waals surface area contributed by atoms with Gasteiger partial charge in [-0.15, -0.1) is 0 Å². The number of carbonyl (C=O) groups is 3. The highest BCUT2D eigenvalue weighted by molar-refractivity contribution is 7.99. The van der Waals surface area contributed by atoms with Gasteiger partial charge in [-0.2, -0.15) is 5.01 Å². The van der Waals surface area contributed by atoms with Crippen LogP contribution in [0.3, 0.4) is 0 Å². The Morgan fingerprint density at radius 1 is 1.26 bits per heavy atom. The number of thioether (sulfide) groups is 1. The predicted molar refractivity (Wildman–Crippen MR) is 82.1 cm³/mol. The van der Waals surface area contributed by atoms with Gasteiger partial charge in [0, 0.05) is 12.4 Å². The van der Waals surface area contributed by atoms with E-state index in [0.29, 0.717) is 18.0 Å². The first-order chi connectivity index (χ1) is 11.1. The van der Waals surface area contributed by atoms with Gasteiger partial charge in [0.25, 0.3) is 5.91 Å². The Hall–Kier alpha value is -2.16. The van der Waals surface area contributed by atoms with Crippen molar-refractivity contribution in [2.75, 3.05) is 5.75 Å². The first kappa shape index (κ1) is 15.7. The van der Waals surface area contributed by atoms with Crippen molar-refractivity contribution >= 4 is 29.6 Å². The first-order valence-corrected chi connectivity index (χ1v) is 8.45. The second-order valence-electron chi connectivity index (χ2n) is 5.57. The van der Waals surface area contributed by atoms with E-state index in [9.17, 15) is 14.4 Å². The molecular formula is C14H17N5O3S. The second-order valence-corrected chi connectivity index (χ2v) is 6.51. The molecule has 0 unspecified atom stereocenters. The molecule has 2 N–H and O–H groups in total. The van der Waals surface area contributed by atoms with Gasteiger partial charge in [0.05, 0.1) is 5.75 Å². The average molecular weight is 335 g/mol. The summed E-state index contributed by atoms with van der Waals surface area (Å²) in [5, 5.41) is 4.01. The largest absolute Gasteiger partial charge is 0.344 e. The highest BCUT2D eigenvalue weighted by atomic mass is 32.2. The summed E-state index contributed by atoms with van der Waals surface area (Å²) in [6.07, 6.45) is 7.26. The number of aromatic nitrogens is 2. The summed E-state index contributed by atoms with van der Waals surface area (Å²) >= 11 is 1.14. The topological polar surface area (TPSA) is 104 Å². The third-order valence-corrected chi connectivity index (χ3v) is 4.86. The number of nitrogens with one attached hydrogen (secondary N) is 2. The van der Waals surface area contributed by atoms with Crippen molar-refractivity contribution in [1.29, 1.82) is 0 Å². The maximum atomic E-state index is 12.5. The van der Waals surface area contributed by atoms with Crippen LogP contribution in [0.4, 0.5) is 4.79 Å². The monoisotopic (exact) mass is 335 g/mol. The summed E-state index contributed by atoms with van der Waals surface area (Å²) in [5.74, 6) is -0.788. The Kier molecular flexibility index (Phi) is 4.46. The van der Waals surface area contributed by atoms with Crippen LogP contribution in [0.15, 0.2) is 23.6 Å². The molecule has 8 nitrogen and oxygen atoms in total. The Bertz CT molecular complexity index is 618. The lowest BCUT2D eigenvalue weighted by Gasteiger charge is -2.30. The molecule has 9 heteroatoms. The summed E-state index contributed by atoms with van der Waals surface area (Å²) in [6.45, 7) is 0. The Morgan fingerprint density at radius 2 is 1.96 bits per heavy atom. The molecule has 4 amide bonds. The van der Waals surface area contributed by atoms with Crippen LogP contribution >= 0.6 is 11.8 Å². The summed E-state index contributed by atoms with van der Waals surface area (Å²) in [7, 11) is 0. The van der Waals surface area contributed by atoms with Gasteiger partial charge in [-0.25, -0.2) is 14.8 Å². The van der Waals surface area contributed by atoms with E-state index in [2.05, 4.69) is 20.7 Å². The van der Waals surface area contributed by atoms with Crippen molar-refractivity contribution in [2.24, 2.45) is 0 Å². The highest BCUT2D eigenvalue weighted by Gasteiger charge is 2.52. The van der Waals surface area contributed by atoms with E-state index in [-0.39, 0.29) is 11.7 Å². The van der Waals surface area contributed by atoms with Crippen LogP contribution in [0.2, 0.25) is 0 Å². The molecule has 2 heterocycles. The highest BCUT2D eigenvalue weighted by Crippen LogP contribution is 2.32. The smallest absolute Gasteiger partial charge is 0.322 e. The molecule has 2 fully saturated rings. The van der Waals surface area contributed by atoms with Crippen LogP contribution in [0.25, 0.3) is 0 Å². The SMILES string of the molecule is O=C(CSc1ncccn1)NN1C(=O)NC2(CCCCC2)C1=O. The number of carbonyl (C=O) groups excluding carboxylic acids is 3. The lowest BCUT2D eigenvalue weighted by molar-refractivity contribution is -0.139. The predicted octanol–water partition coefficient (Wildman–Crippen LogP) is 0.855. The molecule has 1 aliphatic carbocycles. The van der Waals surface area contributed by atoms with Gasteiger partial charge in [0.2, 0.25) is 5.91 Å². The standard InChI is InChI=1S/C14H17N5O3S/c20-10(9-23-12-15-7-4-8-16-12)18-19-11(21)14(17-13(19)22)5-2-1-3-6-14/h4,7-8H,1-3,5-6,9H2,(H,17,22)(H,18,20). The molecule has 0 radical (unpaired) electrons. The summed E-state index contributed by atoms with van der Waals surface area (Å²) in [6, 6.07) is 1.12. The molecule has 122 valence electrons. The fraction of sp³-hybridized carbons (Fsp3) is 0.500. The first-order valence-electron chi connectivity index (χ1n) is 7.47. The summed E-state index contributed by atoms with van der Waals surface area (Å²) in [4.78, 5) is 44.5. The Labute approximate surface area is 137 Å². The van der Waals surface area contributed by atoms with Gasteiger partial charge >= 0.3 is 6.03 Å². The second kappa shape index (κ2) is 6.53. The van der Waals surface area contributed by atoms with E-state index in [0.717, 1.165) is 36.0 Å². The van der Waals surface area contributed by atoms with Crippen molar-refractivity contribution in [2.45, 2.75) is 42.8 Å². The molecule has 0 atom stereocenters. The molecule has 1 spiro atoms. The van der Waals surface area contributed by atoms with E-state index in [1.807, 2.05) is 0 Å². The van der Waals surface area contributed by atoms with E-state index in [1.165, 1.54) is 0 Å². The normalized spacial score (nSPS) is 19.7. The molecule has 1 aliphatic heterocycles. The third-order valence-electron chi connectivity index (χ3n) is 3.98. The number of hydrogen-bond acceptors (Lipinski definition) is 6. The average Bonchev–Trinajstić information content (AvgIpc) is 2.79. The molecule has 1 aromatic rings. The zero-order valence-corrected chi connectivity index (χ0v) is 13.3. The molecule has 0 aromatic carbocycles. The van der Waals surface area contributed by atoms with Gasteiger partial charge in [0.1, 0.15) is 5.54 Å². The van der Waals surface area contributed by atoms with Crippen molar-refractivity contribution in [3.05, 3.63) is 18.5 Å². The van der Waals surface area contributed by atoms with Crippen molar-refractivity contribution < 1.29 is 14.4 Å². The molecule has 2 aliphatic rings. The van der Waals surface area contributed by atoms with Crippen LogP contribution in [-0.4, -0.2) is 44.1 Å². The van der Waals surface area contributed by atoms with Crippen molar-refractivity contribution in [3.8, 4) is 0 Å². The molecule has 3 rings (SSSR count). The zero-order chi connectivity index (χ0) is 16.3. The third kappa shape index (κ3) is 3.29. The molecule has 1 saturated carbocycles. The fourth-order valence-electron chi connectivity index (χ4n) is 2.86. The number of imide groups is 1. The van der Waals surface area contributed by atoms with Crippen LogP contribution in [0.5, 0.6) is 0 Å². The number of rotatable bonds is 4. The van der Waals surface area contributed by atoms with Crippen LogP contribution in [0.1, 0.15) is 32.1 Å².